The van der Waals surface area contributed by atoms with Crippen LogP contribution in [0.2, 0.25) is 0 Å². The van der Waals surface area contributed by atoms with Crippen molar-refractivity contribution in [3.63, 3.8) is 0 Å². The molecule has 1 aromatic heterocycles. The van der Waals surface area contributed by atoms with E-state index in [9.17, 15) is 0 Å². The maximum atomic E-state index is 6.26. The van der Waals surface area contributed by atoms with Crippen molar-refractivity contribution in [1.82, 2.24) is 0 Å². The lowest BCUT2D eigenvalue weighted by Crippen LogP contribution is -2.10. The zero-order valence-corrected chi connectivity index (χ0v) is 12.1. The van der Waals surface area contributed by atoms with E-state index in [0.29, 0.717) is 0 Å². The lowest BCUT2D eigenvalue weighted by molar-refractivity contribution is 0.525. The van der Waals surface area contributed by atoms with Gasteiger partial charge in [0, 0.05) is 9.86 Å². The number of hydrogen-bond acceptors (Lipinski definition) is 2. The molecule has 0 radical (unpaired) electrons. The minimum Gasteiger partial charge on any atom is -0.459 e. The molecule has 0 saturated carbocycles. The highest BCUT2D eigenvalue weighted by molar-refractivity contribution is 9.10. The van der Waals surface area contributed by atoms with Gasteiger partial charge in [0.05, 0.1) is 6.04 Å². The fourth-order valence-corrected chi connectivity index (χ4v) is 2.41. The number of furan rings is 1. The minimum absolute atomic E-state index is 0.235. The van der Waals surface area contributed by atoms with E-state index in [1.807, 2.05) is 36.4 Å². The molecule has 0 bridgehead atoms. The predicted octanol–water partition coefficient (Wildman–Crippen LogP) is 4.55. The molecule has 0 saturated heterocycles. The fourth-order valence-electron chi connectivity index (χ4n) is 2.15. The Labute approximate surface area is 120 Å². The Bertz CT molecular complexity index is 715. The van der Waals surface area contributed by atoms with E-state index in [1.54, 1.807) is 0 Å². The van der Waals surface area contributed by atoms with Gasteiger partial charge >= 0.3 is 0 Å². The van der Waals surface area contributed by atoms with E-state index in [0.717, 1.165) is 26.8 Å². The fraction of sp³-hybridized carbons (Fsp3) is 0.125. The lowest BCUT2D eigenvalue weighted by atomic mass is 10.1. The highest BCUT2D eigenvalue weighted by Gasteiger charge is 2.14. The first-order chi connectivity index (χ1) is 9.13. The summed E-state index contributed by atoms with van der Waals surface area (Å²) in [5.74, 6) is 0.794. The molecule has 3 rings (SSSR count). The number of nitrogens with two attached hydrogens (primary N) is 1. The van der Waals surface area contributed by atoms with Crippen LogP contribution in [0.1, 0.15) is 22.9 Å². The second-order valence-corrected chi connectivity index (χ2v) is 5.63. The maximum absolute atomic E-state index is 6.26. The summed E-state index contributed by atoms with van der Waals surface area (Å²) in [6, 6.07) is 15.9. The number of aryl methyl sites for hydroxylation is 1. The largest absolute Gasteiger partial charge is 0.459 e. The molecule has 2 aromatic carbocycles. The minimum atomic E-state index is -0.235. The molecule has 1 heterocycles. The van der Waals surface area contributed by atoms with Gasteiger partial charge < -0.3 is 10.2 Å². The molecule has 0 aliphatic heterocycles. The third-order valence-corrected chi connectivity index (χ3v) is 3.76. The Kier molecular flexibility index (Phi) is 3.17. The van der Waals surface area contributed by atoms with Gasteiger partial charge in [-0.25, -0.2) is 0 Å². The summed E-state index contributed by atoms with van der Waals surface area (Å²) < 4.78 is 6.90. The van der Waals surface area contributed by atoms with Crippen molar-refractivity contribution in [3.8, 4) is 0 Å². The topological polar surface area (TPSA) is 39.2 Å². The van der Waals surface area contributed by atoms with Crippen LogP contribution in [0.15, 0.2) is 57.4 Å². The molecular formula is C16H14BrNO. The molecular weight excluding hydrogens is 302 g/mol. The van der Waals surface area contributed by atoms with E-state index in [1.165, 1.54) is 5.56 Å². The summed E-state index contributed by atoms with van der Waals surface area (Å²) in [4.78, 5) is 0. The van der Waals surface area contributed by atoms with Crippen molar-refractivity contribution in [1.29, 1.82) is 0 Å². The van der Waals surface area contributed by atoms with Crippen LogP contribution in [0.25, 0.3) is 11.0 Å². The first kappa shape index (κ1) is 12.5. The Balaban J connectivity index is 2.01. The molecule has 3 heteroatoms. The quantitative estimate of drug-likeness (QED) is 0.753. The lowest BCUT2D eigenvalue weighted by Gasteiger charge is -2.08. The monoisotopic (exact) mass is 315 g/mol. The van der Waals surface area contributed by atoms with Crippen LogP contribution in [-0.4, -0.2) is 0 Å². The normalized spacial score (nSPS) is 12.8. The van der Waals surface area contributed by atoms with Crippen LogP contribution in [0.5, 0.6) is 0 Å². The first-order valence-corrected chi connectivity index (χ1v) is 6.94. The SMILES string of the molecule is Cc1ccc2cc(C(N)c3ccc(Br)cc3)oc2c1. The van der Waals surface area contributed by atoms with Gasteiger partial charge in [0.15, 0.2) is 0 Å². The van der Waals surface area contributed by atoms with Gasteiger partial charge in [-0.1, -0.05) is 40.2 Å². The summed E-state index contributed by atoms with van der Waals surface area (Å²) in [5.41, 5.74) is 9.38. The van der Waals surface area contributed by atoms with Gasteiger partial charge in [0.25, 0.3) is 0 Å². The van der Waals surface area contributed by atoms with Gasteiger partial charge in [-0.3, -0.25) is 0 Å². The van der Waals surface area contributed by atoms with Crippen molar-refractivity contribution in [2.24, 2.45) is 5.73 Å². The Morgan fingerprint density at radius 3 is 2.53 bits per heavy atom. The molecule has 1 unspecified atom stereocenters. The summed E-state index contributed by atoms with van der Waals surface area (Å²) >= 11 is 3.42. The van der Waals surface area contributed by atoms with E-state index in [4.69, 9.17) is 10.2 Å². The van der Waals surface area contributed by atoms with Gasteiger partial charge in [-0.15, -0.1) is 0 Å². The summed E-state index contributed by atoms with van der Waals surface area (Å²) in [7, 11) is 0. The zero-order valence-electron chi connectivity index (χ0n) is 10.6. The Morgan fingerprint density at radius 2 is 1.79 bits per heavy atom. The van der Waals surface area contributed by atoms with E-state index >= 15 is 0 Å². The second kappa shape index (κ2) is 4.83. The molecule has 0 fully saturated rings. The van der Waals surface area contributed by atoms with E-state index in [2.05, 4.69) is 35.0 Å². The third kappa shape index (κ3) is 2.44. The third-order valence-electron chi connectivity index (χ3n) is 3.23. The number of hydrogen-bond donors (Lipinski definition) is 1. The average molecular weight is 316 g/mol. The number of halogens is 1. The van der Waals surface area contributed by atoms with Crippen LogP contribution in [-0.2, 0) is 0 Å². The summed E-state index contributed by atoms with van der Waals surface area (Å²) in [5, 5.41) is 1.09. The number of fused-ring (bicyclic) bond motifs is 1. The molecule has 0 aliphatic carbocycles. The van der Waals surface area contributed by atoms with Gasteiger partial charge in [-0.2, -0.15) is 0 Å². The van der Waals surface area contributed by atoms with Crippen molar-refractivity contribution >= 4 is 26.9 Å². The van der Waals surface area contributed by atoms with Crippen LogP contribution >= 0.6 is 15.9 Å². The van der Waals surface area contributed by atoms with Gasteiger partial charge in [0.2, 0.25) is 0 Å². The molecule has 96 valence electrons. The van der Waals surface area contributed by atoms with Crippen molar-refractivity contribution < 1.29 is 4.42 Å². The molecule has 2 N–H and O–H groups in total. The molecule has 0 aliphatic rings. The highest BCUT2D eigenvalue weighted by atomic mass is 79.9. The summed E-state index contributed by atoms with van der Waals surface area (Å²) in [6.07, 6.45) is 0. The first-order valence-electron chi connectivity index (χ1n) is 6.14. The molecule has 0 amide bonds. The van der Waals surface area contributed by atoms with E-state index < -0.39 is 0 Å². The van der Waals surface area contributed by atoms with Crippen LogP contribution in [0, 0.1) is 6.92 Å². The predicted molar refractivity (Wildman–Crippen MR) is 81.1 cm³/mol. The highest BCUT2D eigenvalue weighted by Crippen LogP contribution is 2.27. The van der Waals surface area contributed by atoms with Crippen molar-refractivity contribution in [2.75, 3.05) is 0 Å². The van der Waals surface area contributed by atoms with Crippen LogP contribution in [0.4, 0.5) is 0 Å². The Morgan fingerprint density at radius 1 is 1.05 bits per heavy atom. The molecule has 2 nitrogen and oxygen atoms in total. The molecule has 19 heavy (non-hydrogen) atoms. The van der Waals surface area contributed by atoms with Crippen LogP contribution in [0.3, 0.4) is 0 Å². The van der Waals surface area contributed by atoms with Crippen molar-refractivity contribution in [3.05, 3.63) is 69.9 Å². The van der Waals surface area contributed by atoms with E-state index in [-0.39, 0.29) is 6.04 Å². The zero-order chi connectivity index (χ0) is 13.4. The van der Waals surface area contributed by atoms with Gasteiger partial charge in [0.1, 0.15) is 11.3 Å². The van der Waals surface area contributed by atoms with Gasteiger partial charge in [-0.05, 0) is 42.3 Å². The molecule has 3 aromatic rings. The molecule has 0 spiro atoms. The average Bonchev–Trinajstić information content (AvgIpc) is 2.81. The van der Waals surface area contributed by atoms with Crippen LogP contribution < -0.4 is 5.73 Å². The second-order valence-electron chi connectivity index (χ2n) is 4.72. The van der Waals surface area contributed by atoms with Crippen molar-refractivity contribution in [2.45, 2.75) is 13.0 Å². The smallest absolute Gasteiger partial charge is 0.134 e. The Hall–Kier alpha value is -1.58. The molecule has 1 atom stereocenters. The summed E-state index contributed by atoms with van der Waals surface area (Å²) in [6.45, 7) is 2.05. The maximum Gasteiger partial charge on any atom is 0.134 e. The standard InChI is InChI=1S/C16H14BrNO/c1-10-2-3-12-9-15(19-14(12)8-10)16(18)11-4-6-13(17)7-5-11/h2-9,16H,18H2,1H3. The number of rotatable bonds is 2. The number of benzene rings is 2.